The number of cyclic esters (lactones) is 1. The predicted octanol–water partition coefficient (Wildman–Crippen LogP) is 3.95. The van der Waals surface area contributed by atoms with Crippen LogP contribution >= 0.6 is 0 Å². The second-order valence-electron chi connectivity index (χ2n) is 9.04. The van der Waals surface area contributed by atoms with Crippen LogP contribution in [0.4, 0.5) is 4.79 Å². The van der Waals surface area contributed by atoms with E-state index in [4.69, 9.17) is 18.9 Å². The number of ether oxygens (including phenoxy) is 4. The number of phenols is 1. The van der Waals surface area contributed by atoms with Gasteiger partial charge in [0.15, 0.2) is 11.5 Å². The van der Waals surface area contributed by atoms with Gasteiger partial charge in [-0.1, -0.05) is 6.07 Å². The molecule has 0 spiro atoms. The number of carbonyl (C=O) groups is 2. The van der Waals surface area contributed by atoms with Crippen LogP contribution in [-0.2, 0) is 19.0 Å². The zero-order valence-corrected chi connectivity index (χ0v) is 18.8. The molecule has 172 valence electrons. The van der Waals surface area contributed by atoms with Crippen molar-refractivity contribution in [1.29, 1.82) is 0 Å². The lowest BCUT2D eigenvalue weighted by Gasteiger charge is -2.34. The summed E-state index contributed by atoms with van der Waals surface area (Å²) >= 11 is 0. The monoisotopic (exact) mass is 435 g/mol. The topological polar surface area (TPSA) is 94.5 Å². The molecule has 8 heteroatoms. The van der Waals surface area contributed by atoms with Crippen LogP contribution in [-0.4, -0.2) is 60.1 Å². The summed E-state index contributed by atoms with van der Waals surface area (Å²) in [6.45, 7) is 6.45. The first kappa shape index (κ1) is 23.2. The van der Waals surface area contributed by atoms with Gasteiger partial charge in [-0.25, -0.2) is 4.79 Å². The molecule has 0 bridgehead atoms. The normalized spacial score (nSPS) is 23.7. The molecule has 1 amide bonds. The number of likely N-dealkylation sites (tertiary alicyclic amines) is 1. The third-order valence-corrected chi connectivity index (χ3v) is 5.50. The number of nitrogens with zero attached hydrogens (tertiary/aromatic N) is 1. The number of rotatable bonds is 7. The molecule has 1 aromatic rings. The van der Waals surface area contributed by atoms with E-state index in [2.05, 4.69) is 0 Å². The highest BCUT2D eigenvalue weighted by molar-refractivity contribution is 5.73. The number of amides is 1. The molecule has 3 unspecified atom stereocenters. The highest BCUT2D eigenvalue weighted by atomic mass is 16.6. The number of phenolic OH excluding ortho intramolecular Hbond substituents is 1. The molecular formula is C23H33NO7. The Hall–Kier alpha value is -2.48. The second kappa shape index (κ2) is 9.77. The highest BCUT2D eigenvalue weighted by Crippen LogP contribution is 2.43. The molecule has 2 fully saturated rings. The largest absolute Gasteiger partial charge is 0.504 e. The molecule has 3 rings (SSSR count). The first-order chi connectivity index (χ1) is 14.7. The van der Waals surface area contributed by atoms with Crippen molar-refractivity contribution in [3.63, 3.8) is 0 Å². The van der Waals surface area contributed by atoms with E-state index in [1.54, 1.807) is 30.2 Å². The van der Waals surface area contributed by atoms with Gasteiger partial charge in [-0.2, -0.15) is 0 Å². The van der Waals surface area contributed by atoms with Crippen LogP contribution in [0.15, 0.2) is 18.2 Å². The molecule has 2 aliphatic rings. The summed E-state index contributed by atoms with van der Waals surface area (Å²) in [6.07, 6.45) is 2.30. The molecule has 0 aliphatic carbocycles. The number of methoxy groups -OCH3 is 1. The minimum Gasteiger partial charge on any atom is -0.504 e. The number of carbonyl (C=O) groups excluding carboxylic acids is 2. The Morgan fingerprint density at radius 1 is 1.23 bits per heavy atom. The molecule has 31 heavy (non-hydrogen) atoms. The zero-order valence-electron chi connectivity index (χ0n) is 18.8. The average Bonchev–Trinajstić information content (AvgIpc) is 3.31. The van der Waals surface area contributed by atoms with Gasteiger partial charge in [0.05, 0.1) is 18.7 Å². The molecule has 1 N–H and O–H groups in total. The van der Waals surface area contributed by atoms with Crippen LogP contribution in [0.5, 0.6) is 11.5 Å². The van der Waals surface area contributed by atoms with E-state index in [9.17, 15) is 14.7 Å². The first-order valence-corrected chi connectivity index (χ1v) is 10.8. The van der Waals surface area contributed by atoms with Gasteiger partial charge in [-0.3, -0.25) is 9.69 Å². The Morgan fingerprint density at radius 2 is 2.00 bits per heavy atom. The van der Waals surface area contributed by atoms with Crippen molar-refractivity contribution in [2.24, 2.45) is 0 Å². The van der Waals surface area contributed by atoms with Crippen LogP contribution in [0.1, 0.15) is 64.5 Å². The van der Waals surface area contributed by atoms with Gasteiger partial charge in [0.25, 0.3) is 0 Å². The van der Waals surface area contributed by atoms with Gasteiger partial charge < -0.3 is 24.1 Å². The number of aromatic hydroxyl groups is 1. The fourth-order valence-electron chi connectivity index (χ4n) is 4.16. The van der Waals surface area contributed by atoms with Crippen molar-refractivity contribution in [3.05, 3.63) is 23.8 Å². The van der Waals surface area contributed by atoms with E-state index in [0.717, 1.165) is 5.56 Å². The van der Waals surface area contributed by atoms with E-state index < -0.39 is 11.7 Å². The Morgan fingerprint density at radius 3 is 2.65 bits per heavy atom. The smallest absolute Gasteiger partial charge is 0.411 e. The standard InChI is InChI=1S/C23H33NO7/c1-23(2,3)31-22(27)24-16(7-8-17(24)19-10-11-21(26)30-19)15-6-9-18(25)20(14-15)29-13-5-12-28-4/h6,9,14,16-17,19,25H,5,7-8,10-13H2,1-4H3. The summed E-state index contributed by atoms with van der Waals surface area (Å²) in [5, 5.41) is 10.2. The molecule has 2 heterocycles. The first-order valence-electron chi connectivity index (χ1n) is 10.8. The van der Waals surface area contributed by atoms with Gasteiger partial charge in [-0.05, 0) is 57.7 Å². The van der Waals surface area contributed by atoms with Crippen LogP contribution < -0.4 is 4.74 Å². The fourth-order valence-corrected chi connectivity index (χ4v) is 4.16. The number of benzene rings is 1. The number of hydrogen-bond donors (Lipinski definition) is 1. The maximum atomic E-state index is 13.2. The summed E-state index contributed by atoms with van der Waals surface area (Å²) in [6, 6.07) is 4.64. The molecule has 8 nitrogen and oxygen atoms in total. The molecule has 0 saturated carbocycles. The van der Waals surface area contributed by atoms with Crippen molar-refractivity contribution in [3.8, 4) is 11.5 Å². The van der Waals surface area contributed by atoms with Gasteiger partial charge in [0.1, 0.15) is 11.7 Å². The maximum Gasteiger partial charge on any atom is 0.411 e. The number of hydrogen-bond acceptors (Lipinski definition) is 7. The summed E-state index contributed by atoms with van der Waals surface area (Å²) in [7, 11) is 1.63. The molecule has 2 saturated heterocycles. The summed E-state index contributed by atoms with van der Waals surface area (Å²) < 4.78 is 21.9. The highest BCUT2D eigenvalue weighted by Gasteiger charge is 2.46. The Balaban J connectivity index is 1.84. The van der Waals surface area contributed by atoms with Crippen molar-refractivity contribution in [2.75, 3.05) is 20.3 Å². The Bertz CT molecular complexity index is 789. The van der Waals surface area contributed by atoms with E-state index in [0.29, 0.717) is 51.1 Å². The van der Waals surface area contributed by atoms with Crippen LogP contribution in [0.3, 0.4) is 0 Å². The van der Waals surface area contributed by atoms with Crippen LogP contribution in [0.25, 0.3) is 0 Å². The minimum atomic E-state index is -0.647. The molecule has 0 radical (unpaired) electrons. The third kappa shape index (κ3) is 5.81. The lowest BCUT2D eigenvalue weighted by atomic mass is 10.0. The van der Waals surface area contributed by atoms with Crippen LogP contribution in [0.2, 0.25) is 0 Å². The van der Waals surface area contributed by atoms with Crippen LogP contribution in [0, 0.1) is 0 Å². The molecule has 1 aromatic carbocycles. The zero-order chi connectivity index (χ0) is 22.6. The molecule has 3 atom stereocenters. The van der Waals surface area contributed by atoms with Gasteiger partial charge in [-0.15, -0.1) is 0 Å². The van der Waals surface area contributed by atoms with E-state index in [-0.39, 0.29) is 29.9 Å². The van der Waals surface area contributed by atoms with Crippen molar-refractivity contribution < 1.29 is 33.6 Å². The second-order valence-corrected chi connectivity index (χ2v) is 9.04. The van der Waals surface area contributed by atoms with E-state index in [1.807, 2.05) is 20.8 Å². The van der Waals surface area contributed by atoms with Gasteiger partial charge in [0, 0.05) is 26.6 Å². The summed E-state index contributed by atoms with van der Waals surface area (Å²) in [4.78, 5) is 26.5. The molecule has 0 aromatic heterocycles. The quantitative estimate of drug-likeness (QED) is 0.512. The summed E-state index contributed by atoms with van der Waals surface area (Å²) in [5.41, 5.74) is 0.198. The lowest BCUT2D eigenvalue weighted by molar-refractivity contribution is -0.143. The molecular weight excluding hydrogens is 402 g/mol. The summed E-state index contributed by atoms with van der Waals surface area (Å²) in [5.74, 6) is 0.187. The Kier molecular flexibility index (Phi) is 7.30. The fraction of sp³-hybridized carbons (Fsp3) is 0.652. The maximum absolute atomic E-state index is 13.2. The average molecular weight is 436 g/mol. The van der Waals surface area contributed by atoms with Crippen molar-refractivity contribution in [1.82, 2.24) is 4.90 Å². The van der Waals surface area contributed by atoms with E-state index >= 15 is 0 Å². The van der Waals surface area contributed by atoms with Gasteiger partial charge >= 0.3 is 12.1 Å². The van der Waals surface area contributed by atoms with Crippen molar-refractivity contribution >= 4 is 12.1 Å². The lowest BCUT2D eigenvalue weighted by Crippen LogP contribution is -2.46. The third-order valence-electron chi connectivity index (χ3n) is 5.50. The van der Waals surface area contributed by atoms with E-state index in [1.165, 1.54) is 0 Å². The predicted molar refractivity (Wildman–Crippen MR) is 113 cm³/mol. The molecule has 2 aliphatic heterocycles. The SMILES string of the molecule is COCCCOc1cc(C2CCC(C3CCC(=O)O3)N2C(=O)OC(C)(C)C)ccc1O. The number of esters is 1. The minimum absolute atomic E-state index is 0.0456. The van der Waals surface area contributed by atoms with Gasteiger partial charge in [0.2, 0.25) is 0 Å². The van der Waals surface area contributed by atoms with Crippen molar-refractivity contribution in [2.45, 2.75) is 76.7 Å². The Labute approximate surface area is 183 Å².